The first-order valence-electron chi connectivity index (χ1n) is 15.7. The van der Waals surface area contributed by atoms with Gasteiger partial charge in [0.15, 0.2) is 0 Å². The zero-order valence-corrected chi connectivity index (χ0v) is 25.7. The Morgan fingerprint density at radius 3 is 2.02 bits per heavy atom. The fourth-order valence-electron chi connectivity index (χ4n) is 7.96. The molecule has 0 saturated heterocycles. The molecule has 1 N–H and O–H groups in total. The van der Waals surface area contributed by atoms with Crippen LogP contribution < -0.4 is 32.0 Å². The van der Waals surface area contributed by atoms with Gasteiger partial charge in [-0.3, -0.25) is 19.4 Å². The van der Waals surface area contributed by atoms with Crippen LogP contribution in [0.15, 0.2) is 92.2 Å². The summed E-state index contributed by atoms with van der Waals surface area (Å²) in [5.74, 6) is 0. The van der Waals surface area contributed by atoms with Gasteiger partial charge in [-0.2, -0.15) is 0 Å². The maximum Gasteiger partial charge on any atom is 0.237 e. The van der Waals surface area contributed by atoms with Crippen molar-refractivity contribution in [2.75, 3.05) is 5.32 Å². The predicted octanol–water partition coefficient (Wildman–Crippen LogP) is 5.91. The van der Waals surface area contributed by atoms with Gasteiger partial charge in [-0.1, -0.05) is 94.3 Å². The van der Waals surface area contributed by atoms with E-state index >= 15 is 0 Å². The van der Waals surface area contributed by atoms with E-state index in [1.165, 1.54) is 5.56 Å². The van der Waals surface area contributed by atoms with Crippen molar-refractivity contribution in [1.82, 2.24) is 0 Å². The average Bonchev–Trinajstić information content (AvgIpc) is 3.54. The lowest BCUT2D eigenvalue weighted by Gasteiger charge is -2.30. The minimum atomic E-state index is -0.748. The molecule has 3 atom stereocenters. The number of benzene rings is 4. The van der Waals surface area contributed by atoms with Crippen LogP contribution in [0, 0.1) is 0 Å². The van der Waals surface area contributed by atoms with Gasteiger partial charge in [0.25, 0.3) is 0 Å². The molecule has 5 aromatic carbocycles. The van der Waals surface area contributed by atoms with Gasteiger partial charge in [0.2, 0.25) is 16.3 Å². The van der Waals surface area contributed by atoms with E-state index in [4.69, 9.17) is 4.99 Å². The summed E-state index contributed by atoms with van der Waals surface area (Å²) in [5.41, 5.74) is 1.95. The van der Waals surface area contributed by atoms with E-state index in [0.717, 1.165) is 64.2 Å². The molecule has 0 saturated carbocycles. The summed E-state index contributed by atoms with van der Waals surface area (Å²) in [6.07, 6.45) is 6.79. The number of hydrogen-bond donors (Lipinski definition) is 1. The lowest BCUT2D eigenvalue weighted by Crippen LogP contribution is -2.42. The van der Waals surface area contributed by atoms with Gasteiger partial charge in [0.1, 0.15) is 0 Å². The van der Waals surface area contributed by atoms with Crippen LogP contribution in [-0.4, -0.2) is 11.8 Å². The van der Waals surface area contributed by atoms with Crippen LogP contribution in [-0.2, 0) is 10.8 Å². The van der Waals surface area contributed by atoms with Gasteiger partial charge in [-0.15, -0.1) is 0 Å². The molecule has 7 rings (SSSR count). The number of nitrogens with zero attached hydrogens (tertiary/aromatic N) is 1. The first-order chi connectivity index (χ1) is 21.2. The minimum Gasteiger partial charge on any atom is -0.378 e. The fraction of sp³-hybridized carbons (Fsp3) is 0.282. The highest BCUT2D eigenvalue weighted by atomic mass is 16.2. The molecule has 0 aliphatic carbocycles. The molecule has 44 heavy (non-hydrogen) atoms. The zero-order valence-electron chi connectivity index (χ0n) is 25.7. The summed E-state index contributed by atoms with van der Waals surface area (Å²) in [7, 11) is 0. The van der Waals surface area contributed by atoms with Crippen molar-refractivity contribution in [2.45, 2.75) is 70.3 Å². The molecule has 5 aromatic rings. The smallest absolute Gasteiger partial charge is 0.237 e. The molecule has 2 aliphatic heterocycles. The van der Waals surface area contributed by atoms with Crippen LogP contribution in [0.4, 0.5) is 11.4 Å². The molecule has 5 nitrogen and oxygen atoms in total. The Morgan fingerprint density at radius 2 is 1.34 bits per heavy atom. The molecule has 5 heteroatoms. The minimum absolute atomic E-state index is 0.0445. The van der Waals surface area contributed by atoms with Gasteiger partial charge in [-0.05, 0) is 76.7 Å². The van der Waals surface area contributed by atoms with Crippen molar-refractivity contribution in [3.8, 4) is 0 Å². The molecule has 0 fully saturated rings. The van der Waals surface area contributed by atoms with Gasteiger partial charge in [0, 0.05) is 16.5 Å². The number of hydrogen-bond acceptors (Lipinski definition) is 5. The van der Waals surface area contributed by atoms with Crippen molar-refractivity contribution in [3.63, 3.8) is 0 Å². The molecule has 220 valence electrons. The average molecular weight is 581 g/mol. The van der Waals surface area contributed by atoms with E-state index in [0.29, 0.717) is 5.71 Å². The van der Waals surface area contributed by atoms with Crippen molar-refractivity contribution in [3.05, 3.63) is 125 Å². The first kappa shape index (κ1) is 28.1. The standard InChI is InChI=1S/C39H36N2O3/c1-5-19-38(3)31(40-29-17-15-23-11-7-9-13-25(23)33(29)38)21-27-35(42)28(37(44)36(27)43)22-32-39(4,20-6-2)34-26-14-10-8-12-24(26)16-18-30(34)41-32/h7-18,21-22,31,40H,5-6,19-20H2,1-4H3. The third kappa shape index (κ3) is 3.98. The van der Waals surface area contributed by atoms with Crippen molar-refractivity contribution in [2.24, 2.45) is 4.99 Å². The van der Waals surface area contributed by atoms with E-state index in [1.54, 1.807) is 12.2 Å². The van der Waals surface area contributed by atoms with E-state index < -0.39 is 21.7 Å². The maximum atomic E-state index is 13.9. The highest BCUT2D eigenvalue weighted by Crippen LogP contribution is 2.49. The summed E-state index contributed by atoms with van der Waals surface area (Å²) in [6.45, 7) is 8.59. The van der Waals surface area contributed by atoms with Gasteiger partial charge in [-0.25, -0.2) is 0 Å². The monoisotopic (exact) mass is 580 g/mol. The fourth-order valence-corrected chi connectivity index (χ4v) is 7.96. The molecule has 0 aromatic heterocycles. The van der Waals surface area contributed by atoms with Gasteiger partial charge in [0.05, 0.1) is 27.9 Å². The topological polar surface area (TPSA) is 75.6 Å². The molecule has 3 unspecified atom stereocenters. The Morgan fingerprint density at radius 1 is 0.727 bits per heavy atom. The van der Waals surface area contributed by atoms with E-state index in [2.05, 4.69) is 75.5 Å². The van der Waals surface area contributed by atoms with Crippen LogP contribution in [0.3, 0.4) is 0 Å². The second-order valence-corrected chi connectivity index (χ2v) is 12.9. The molecular formula is C39H36N2O3. The Balaban J connectivity index is 1.39. The number of rotatable bonds is 6. The quantitative estimate of drug-likeness (QED) is 0.254. The van der Waals surface area contributed by atoms with Crippen LogP contribution in [0.2, 0.25) is 0 Å². The highest BCUT2D eigenvalue weighted by molar-refractivity contribution is 6.22. The van der Waals surface area contributed by atoms with Gasteiger partial charge >= 0.3 is 0 Å². The van der Waals surface area contributed by atoms with Crippen LogP contribution in [0.5, 0.6) is 0 Å². The lowest BCUT2D eigenvalue weighted by atomic mass is 9.73. The highest BCUT2D eigenvalue weighted by Gasteiger charge is 2.43. The van der Waals surface area contributed by atoms with E-state index in [-0.39, 0.29) is 21.9 Å². The summed E-state index contributed by atoms with van der Waals surface area (Å²) in [6, 6.07) is 24.5. The lowest BCUT2D eigenvalue weighted by molar-refractivity contribution is 0.437. The Hall–Kier alpha value is -4.64. The number of aliphatic imine (C=N–C) groups is 1. The normalized spacial score (nSPS) is 23.3. The molecule has 0 amide bonds. The van der Waals surface area contributed by atoms with Crippen LogP contribution in [0.25, 0.3) is 33.7 Å². The maximum absolute atomic E-state index is 13.9. The Bertz CT molecular complexity index is 2290. The second-order valence-electron chi connectivity index (χ2n) is 12.9. The van der Waals surface area contributed by atoms with Crippen molar-refractivity contribution >= 4 is 50.8 Å². The SMILES string of the molecule is CCCC1(C)C(C=c2c(=O)c(=O)c(=CC3Nc4ccc5ccccc5c4C3(C)CCC)c2=O)=Nc2ccc3ccccc3c21. The zero-order chi connectivity index (χ0) is 30.8. The first-order valence-corrected chi connectivity index (χ1v) is 15.7. The van der Waals surface area contributed by atoms with Crippen LogP contribution in [0.1, 0.15) is 64.5 Å². The molecular weight excluding hydrogens is 544 g/mol. The Kier molecular flexibility index (Phi) is 6.54. The third-order valence-electron chi connectivity index (χ3n) is 10.1. The van der Waals surface area contributed by atoms with Crippen molar-refractivity contribution in [1.29, 1.82) is 0 Å². The molecule has 0 bridgehead atoms. The summed E-state index contributed by atoms with van der Waals surface area (Å²) < 4.78 is 0. The third-order valence-corrected chi connectivity index (χ3v) is 10.1. The summed E-state index contributed by atoms with van der Waals surface area (Å²) in [5, 5.41) is 8.02. The number of nitrogens with one attached hydrogen (secondary N) is 1. The predicted molar refractivity (Wildman–Crippen MR) is 183 cm³/mol. The summed E-state index contributed by atoms with van der Waals surface area (Å²) in [4.78, 5) is 45.8. The molecule has 2 heterocycles. The second kappa shape index (κ2) is 10.2. The Labute approximate surface area is 256 Å². The van der Waals surface area contributed by atoms with Crippen molar-refractivity contribution < 1.29 is 0 Å². The summed E-state index contributed by atoms with van der Waals surface area (Å²) >= 11 is 0. The molecule has 0 spiro atoms. The number of fused-ring (bicyclic) bond motifs is 6. The van der Waals surface area contributed by atoms with E-state index in [9.17, 15) is 14.4 Å². The number of anilines is 1. The largest absolute Gasteiger partial charge is 0.378 e. The molecule has 2 aliphatic rings. The van der Waals surface area contributed by atoms with E-state index in [1.807, 2.05) is 30.3 Å². The van der Waals surface area contributed by atoms with Crippen LogP contribution >= 0.6 is 0 Å². The molecule has 0 radical (unpaired) electrons. The van der Waals surface area contributed by atoms with Gasteiger partial charge < -0.3 is 5.32 Å².